The lowest BCUT2D eigenvalue weighted by Crippen LogP contribution is -1.87. The van der Waals surface area contributed by atoms with Crippen molar-refractivity contribution in [1.82, 2.24) is 0 Å². The summed E-state index contributed by atoms with van der Waals surface area (Å²) in [5.74, 6) is 6.58. The zero-order chi connectivity index (χ0) is 19.2. The van der Waals surface area contributed by atoms with Gasteiger partial charge >= 0.3 is 0 Å². The second kappa shape index (κ2) is 13.0. The van der Waals surface area contributed by atoms with E-state index in [0.29, 0.717) is 0 Å². The van der Waals surface area contributed by atoms with Crippen LogP contribution < -0.4 is 0 Å². The number of hydrogen-bond donors (Lipinski definition) is 0. The number of benzene rings is 2. The Bertz CT molecular complexity index is 707. The van der Waals surface area contributed by atoms with Crippen molar-refractivity contribution in [2.24, 2.45) is 0 Å². The van der Waals surface area contributed by atoms with Gasteiger partial charge in [0.05, 0.1) is 0 Å². The minimum absolute atomic E-state index is 1.09. The van der Waals surface area contributed by atoms with Gasteiger partial charge in [-0.2, -0.15) is 0 Å². The summed E-state index contributed by atoms with van der Waals surface area (Å²) in [5.41, 5.74) is 5.01. The third-order valence-electron chi connectivity index (χ3n) is 4.95. The largest absolute Gasteiger partial charge is 0.103 e. The van der Waals surface area contributed by atoms with Crippen molar-refractivity contribution in [2.45, 2.75) is 71.1 Å². The minimum atomic E-state index is 1.09. The summed E-state index contributed by atoms with van der Waals surface area (Å²) in [6.45, 7) is 6.04. The van der Waals surface area contributed by atoms with E-state index in [0.717, 1.165) is 24.0 Å². The van der Waals surface area contributed by atoms with Gasteiger partial charge < -0.3 is 0 Å². The predicted molar refractivity (Wildman–Crippen MR) is 119 cm³/mol. The van der Waals surface area contributed by atoms with Crippen molar-refractivity contribution in [2.75, 3.05) is 0 Å². The molecule has 0 atom stereocenters. The van der Waals surface area contributed by atoms with E-state index in [4.69, 9.17) is 0 Å². The second-order valence-corrected chi connectivity index (χ2v) is 7.34. The highest BCUT2D eigenvalue weighted by Gasteiger charge is 1.96. The van der Waals surface area contributed by atoms with Crippen LogP contribution >= 0.6 is 0 Å². The van der Waals surface area contributed by atoms with Gasteiger partial charge in [-0.05, 0) is 73.9 Å². The smallest absolute Gasteiger partial charge is 0.0249 e. The molecule has 27 heavy (non-hydrogen) atoms. The first-order valence-electron chi connectivity index (χ1n) is 10.6. The summed E-state index contributed by atoms with van der Waals surface area (Å²) in [4.78, 5) is 0. The molecule has 0 aliphatic rings. The average molecular weight is 359 g/mol. The zero-order valence-corrected chi connectivity index (χ0v) is 17.0. The van der Waals surface area contributed by atoms with E-state index in [-0.39, 0.29) is 0 Å². The fourth-order valence-electron chi connectivity index (χ4n) is 3.20. The van der Waals surface area contributed by atoms with Gasteiger partial charge in [-0.1, -0.05) is 74.8 Å². The molecule has 0 amide bonds. The Kier molecular flexibility index (Phi) is 10.1. The van der Waals surface area contributed by atoms with Crippen LogP contribution in [0.2, 0.25) is 0 Å². The molecule has 0 saturated carbocycles. The van der Waals surface area contributed by atoms with Crippen LogP contribution in [0, 0.1) is 11.8 Å². The van der Waals surface area contributed by atoms with E-state index in [1.807, 2.05) is 6.08 Å². The molecular weight excluding hydrogens is 324 g/mol. The van der Waals surface area contributed by atoms with Crippen molar-refractivity contribution in [3.05, 3.63) is 83.4 Å². The summed E-state index contributed by atoms with van der Waals surface area (Å²) in [5, 5.41) is 0. The third-order valence-corrected chi connectivity index (χ3v) is 4.95. The van der Waals surface area contributed by atoms with Crippen LogP contribution in [0.5, 0.6) is 0 Å². The molecule has 0 aliphatic heterocycles. The summed E-state index contributed by atoms with van der Waals surface area (Å²) >= 11 is 0. The number of hydrogen-bond acceptors (Lipinski definition) is 0. The van der Waals surface area contributed by atoms with E-state index in [2.05, 4.69) is 73.9 Å². The normalized spacial score (nSPS) is 10.3. The Labute approximate surface area is 166 Å². The Morgan fingerprint density at radius 3 is 1.63 bits per heavy atom. The highest BCUT2D eigenvalue weighted by molar-refractivity contribution is 5.44. The maximum Gasteiger partial charge on any atom is 0.0249 e. The van der Waals surface area contributed by atoms with Crippen LogP contribution in [0.1, 0.15) is 80.5 Å². The molecule has 0 N–H and O–H groups in total. The molecule has 2 aromatic carbocycles. The van der Waals surface area contributed by atoms with E-state index < -0.39 is 0 Å². The maximum absolute atomic E-state index is 3.77. The molecule has 0 nitrogen and oxygen atoms in total. The van der Waals surface area contributed by atoms with E-state index in [1.54, 1.807) is 0 Å². The molecule has 0 aromatic heterocycles. The van der Waals surface area contributed by atoms with Gasteiger partial charge in [0.1, 0.15) is 0 Å². The van der Waals surface area contributed by atoms with E-state index >= 15 is 0 Å². The molecule has 0 radical (unpaired) electrons. The summed E-state index contributed by atoms with van der Waals surface area (Å²) in [6.07, 6.45) is 14.6. The SMILES string of the molecule is C=CCCCCc1ccc(C#Cc2ccc(CCCCCCC)cc2)cc1. The quantitative estimate of drug-likeness (QED) is 0.222. The molecule has 2 aromatic rings. The molecule has 0 unspecified atom stereocenters. The van der Waals surface area contributed by atoms with Crippen LogP contribution in [0.25, 0.3) is 0 Å². The average Bonchev–Trinajstić information content (AvgIpc) is 2.71. The van der Waals surface area contributed by atoms with Crippen molar-refractivity contribution in [1.29, 1.82) is 0 Å². The van der Waals surface area contributed by atoms with Crippen molar-refractivity contribution >= 4 is 0 Å². The Morgan fingerprint density at radius 2 is 1.15 bits per heavy atom. The molecule has 0 heterocycles. The lowest BCUT2D eigenvalue weighted by Gasteiger charge is -2.02. The molecule has 0 fully saturated rings. The van der Waals surface area contributed by atoms with Gasteiger partial charge in [0, 0.05) is 11.1 Å². The molecule has 0 bridgehead atoms. The highest BCUT2D eigenvalue weighted by Crippen LogP contribution is 2.11. The monoisotopic (exact) mass is 358 g/mol. The number of allylic oxidation sites excluding steroid dienone is 1. The summed E-state index contributed by atoms with van der Waals surface area (Å²) in [6, 6.07) is 17.5. The van der Waals surface area contributed by atoms with Gasteiger partial charge in [0.25, 0.3) is 0 Å². The molecule has 142 valence electrons. The standard InChI is InChI=1S/C27H34/c1-3-5-7-9-11-13-25-16-20-27(21-17-25)23-22-26-18-14-24(15-19-26)12-10-8-6-4-2/h4,14-21H,2-3,5-13H2,1H3. The lowest BCUT2D eigenvalue weighted by atomic mass is 10.0. The predicted octanol–water partition coefficient (Wildman–Crippen LogP) is 7.50. The Balaban J connectivity index is 1.79. The Morgan fingerprint density at radius 1 is 0.667 bits per heavy atom. The van der Waals surface area contributed by atoms with Crippen LogP contribution in [-0.2, 0) is 12.8 Å². The fraction of sp³-hybridized carbons (Fsp3) is 0.407. The van der Waals surface area contributed by atoms with Crippen LogP contribution in [-0.4, -0.2) is 0 Å². The lowest BCUT2D eigenvalue weighted by molar-refractivity contribution is 0.632. The first-order chi connectivity index (χ1) is 13.3. The minimum Gasteiger partial charge on any atom is -0.103 e. The van der Waals surface area contributed by atoms with Crippen molar-refractivity contribution in [3.8, 4) is 11.8 Å². The fourth-order valence-corrected chi connectivity index (χ4v) is 3.20. The van der Waals surface area contributed by atoms with E-state index in [1.165, 1.54) is 62.5 Å². The first kappa shape index (κ1) is 21.0. The number of rotatable bonds is 11. The van der Waals surface area contributed by atoms with Gasteiger partial charge in [-0.3, -0.25) is 0 Å². The van der Waals surface area contributed by atoms with Crippen LogP contribution in [0.3, 0.4) is 0 Å². The molecule has 0 spiro atoms. The van der Waals surface area contributed by atoms with Crippen LogP contribution in [0.4, 0.5) is 0 Å². The molecule has 0 saturated heterocycles. The Hall–Kier alpha value is -2.26. The second-order valence-electron chi connectivity index (χ2n) is 7.34. The van der Waals surface area contributed by atoms with Crippen molar-refractivity contribution < 1.29 is 0 Å². The topological polar surface area (TPSA) is 0 Å². The van der Waals surface area contributed by atoms with Gasteiger partial charge in [-0.15, -0.1) is 6.58 Å². The van der Waals surface area contributed by atoms with Crippen molar-refractivity contribution in [3.63, 3.8) is 0 Å². The number of aryl methyl sites for hydroxylation is 2. The van der Waals surface area contributed by atoms with E-state index in [9.17, 15) is 0 Å². The number of unbranched alkanes of at least 4 members (excludes halogenated alkanes) is 6. The molecule has 0 aliphatic carbocycles. The van der Waals surface area contributed by atoms with Crippen LogP contribution in [0.15, 0.2) is 61.2 Å². The molecule has 0 heteroatoms. The molecule has 2 rings (SSSR count). The van der Waals surface area contributed by atoms with Gasteiger partial charge in [0.2, 0.25) is 0 Å². The summed E-state index contributed by atoms with van der Waals surface area (Å²) < 4.78 is 0. The maximum atomic E-state index is 3.77. The third kappa shape index (κ3) is 8.78. The first-order valence-corrected chi connectivity index (χ1v) is 10.6. The molecular formula is C27H34. The van der Waals surface area contributed by atoms with Gasteiger partial charge in [-0.25, -0.2) is 0 Å². The highest BCUT2D eigenvalue weighted by atomic mass is 14.0. The summed E-state index contributed by atoms with van der Waals surface area (Å²) in [7, 11) is 0. The zero-order valence-electron chi connectivity index (χ0n) is 17.0. The van der Waals surface area contributed by atoms with Gasteiger partial charge in [0.15, 0.2) is 0 Å².